The number of amides is 1. The smallest absolute Gasteiger partial charge is 0.243 e. The Hall–Kier alpha value is -3.23. The van der Waals surface area contributed by atoms with E-state index in [-0.39, 0.29) is 17.3 Å². The molecule has 1 N–H and O–H groups in total. The van der Waals surface area contributed by atoms with E-state index in [1.807, 2.05) is 54.6 Å². The second kappa shape index (κ2) is 10.1. The van der Waals surface area contributed by atoms with Gasteiger partial charge in [0.25, 0.3) is 0 Å². The van der Waals surface area contributed by atoms with Gasteiger partial charge in [0.05, 0.1) is 4.90 Å². The molecule has 1 aliphatic rings. The number of carbonyl (C=O) groups excluding carboxylic acids is 1. The van der Waals surface area contributed by atoms with Crippen molar-refractivity contribution in [2.24, 2.45) is 0 Å². The molecule has 1 aliphatic heterocycles. The van der Waals surface area contributed by atoms with Crippen molar-refractivity contribution in [3.8, 4) is 5.75 Å². The van der Waals surface area contributed by atoms with Crippen molar-refractivity contribution in [3.63, 3.8) is 0 Å². The van der Waals surface area contributed by atoms with Crippen LogP contribution in [0.2, 0.25) is 0 Å². The number of rotatable bonds is 8. The van der Waals surface area contributed by atoms with E-state index in [1.165, 1.54) is 16.4 Å². The van der Waals surface area contributed by atoms with E-state index < -0.39 is 21.9 Å². The lowest BCUT2D eigenvalue weighted by Gasteiger charge is -2.23. The molecular weight excluding hydrogens is 443 g/mol. The second-order valence-corrected chi connectivity index (χ2v) is 9.75. The molecule has 4 rings (SSSR count). The number of para-hydroxylation sites is 1. The SMILES string of the molecule is O=C(NCc1ccc(COc2ccccc2)cc1)[C@@H]1CCCN1S(=O)(=O)c1ccc(F)cc1. The molecule has 8 heteroatoms. The third-order valence-corrected chi connectivity index (χ3v) is 7.49. The number of nitrogens with zero attached hydrogens (tertiary/aromatic N) is 1. The average molecular weight is 469 g/mol. The molecule has 6 nitrogen and oxygen atoms in total. The fourth-order valence-electron chi connectivity index (χ4n) is 3.78. The van der Waals surface area contributed by atoms with Crippen LogP contribution in [0.4, 0.5) is 4.39 Å². The topological polar surface area (TPSA) is 75.7 Å². The lowest BCUT2D eigenvalue weighted by molar-refractivity contribution is -0.124. The van der Waals surface area contributed by atoms with E-state index in [0.29, 0.717) is 26.0 Å². The molecule has 1 atom stereocenters. The fourth-order valence-corrected chi connectivity index (χ4v) is 5.43. The predicted octanol–water partition coefficient (Wildman–Crippen LogP) is 3.87. The Morgan fingerprint density at radius 3 is 2.33 bits per heavy atom. The largest absolute Gasteiger partial charge is 0.489 e. The zero-order valence-corrected chi connectivity index (χ0v) is 18.8. The number of nitrogens with one attached hydrogen (secondary N) is 1. The maximum Gasteiger partial charge on any atom is 0.243 e. The summed E-state index contributed by atoms with van der Waals surface area (Å²) in [4.78, 5) is 12.8. The van der Waals surface area contributed by atoms with Crippen LogP contribution in [0, 0.1) is 5.82 Å². The maximum atomic E-state index is 13.2. The average Bonchev–Trinajstić information content (AvgIpc) is 3.34. The summed E-state index contributed by atoms with van der Waals surface area (Å²) in [5, 5.41) is 2.84. The third kappa shape index (κ3) is 5.58. The zero-order chi connectivity index (χ0) is 23.3. The number of ether oxygens (including phenoxy) is 1. The Morgan fingerprint density at radius 2 is 1.64 bits per heavy atom. The van der Waals surface area contributed by atoms with E-state index in [1.54, 1.807) is 0 Å². The van der Waals surface area contributed by atoms with Crippen molar-refractivity contribution in [1.29, 1.82) is 0 Å². The molecule has 1 saturated heterocycles. The van der Waals surface area contributed by atoms with Gasteiger partial charge in [-0.1, -0.05) is 42.5 Å². The molecule has 0 unspecified atom stereocenters. The van der Waals surface area contributed by atoms with Crippen LogP contribution in [0.5, 0.6) is 5.75 Å². The molecule has 3 aromatic carbocycles. The number of hydrogen-bond donors (Lipinski definition) is 1. The molecule has 172 valence electrons. The quantitative estimate of drug-likeness (QED) is 0.545. The first kappa shape index (κ1) is 22.9. The van der Waals surface area contributed by atoms with E-state index >= 15 is 0 Å². The van der Waals surface area contributed by atoms with Crippen molar-refractivity contribution in [1.82, 2.24) is 9.62 Å². The first-order valence-corrected chi connectivity index (χ1v) is 12.2. The van der Waals surface area contributed by atoms with Crippen molar-refractivity contribution in [2.45, 2.75) is 36.9 Å². The maximum absolute atomic E-state index is 13.2. The summed E-state index contributed by atoms with van der Waals surface area (Å²) >= 11 is 0. The van der Waals surface area contributed by atoms with E-state index in [9.17, 15) is 17.6 Å². The third-order valence-electron chi connectivity index (χ3n) is 5.56. The summed E-state index contributed by atoms with van der Waals surface area (Å²) in [6, 6.07) is 21.1. The Morgan fingerprint density at radius 1 is 0.970 bits per heavy atom. The van der Waals surface area contributed by atoms with E-state index in [4.69, 9.17) is 4.74 Å². The van der Waals surface area contributed by atoms with Gasteiger partial charge < -0.3 is 10.1 Å². The van der Waals surface area contributed by atoms with E-state index in [2.05, 4.69) is 5.32 Å². The van der Waals surface area contributed by atoms with Gasteiger partial charge in [0.1, 0.15) is 24.2 Å². The van der Waals surface area contributed by atoms with Crippen molar-refractivity contribution >= 4 is 15.9 Å². The molecule has 0 aliphatic carbocycles. The molecule has 1 heterocycles. The first-order chi connectivity index (χ1) is 15.9. The minimum Gasteiger partial charge on any atom is -0.489 e. The molecule has 0 bridgehead atoms. The molecule has 0 radical (unpaired) electrons. The van der Waals surface area contributed by atoms with Gasteiger partial charge in [-0.05, 0) is 60.4 Å². The molecule has 3 aromatic rings. The minimum absolute atomic E-state index is 0.0167. The Balaban J connectivity index is 1.33. The van der Waals surface area contributed by atoms with Crippen LogP contribution < -0.4 is 10.1 Å². The Bertz CT molecular complexity index is 1180. The number of hydrogen-bond acceptors (Lipinski definition) is 4. The molecule has 0 spiro atoms. The second-order valence-electron chi connectivity index (χ2n) is 7.86. The number of carbonyl (C=O) groups is 1. The first-order valence-electron chi connectivity index (χ1n) is 10.7. The predicted molar refractivity (Wildman–Crippen MR) is 122 cm³/mol. The van der Waals surface area contributed by atoms with Gasteiger partial charge in [-0.25, -0.2) is 12.8 Å². The minimum atomic E-state index is -3.88. The highest BCUT2D eigenvalue weighted by Gasteiger charge is 2.39. The van der Waals surface area contributed by atoms with Gasteiger partial charge in [-0.3, -0.25) is 4.79 Å². The lowest BCUT2D eigenvalue weighted by Crippen LogP contribution is -2.45. The van der Waals surface area contributed by atoms with Gasteiger partial charge in [0.15, 0.2) is 0 Å². The summed E-state index contributed by atoms with van der Waals surface area (Å²) in [6.07, 6.45) is 1.04. The molecule has 1 amide bonds. The van der Waals surface area contributed by atoms with Crippen LogP contribution in [0.1, 0.15) is 24.0 Å². The highest BCUT2D eigenvalue weighted by molar-refractivity contribution is 7.89. The number of sulfonamides is 1. The number of benzene rings is 3. The molecule has 33 heavy (non-hydrogen) atoms. The molecule has 0 aromatic heterocycles. The van der Waals surface area contributed by atoms with Gasteiger partial charge in [-0.2, -0.15) is 4.31 Å². The monoisotopic (exact) mass is 468 g/mol. The standard InChI is InChI=1S/C25H25FN2O4S/c26-21-12-14-23(15-13-21)33(30,31)28-16-4-7-24(28)25(29)27-17-19-8-10-20(11-9-19)18-32-22-5-2-1-3-6-22/h1-3,5-6,8-15,24H,4,7,16-18H2,(H,27,29)/t24-/m0/s1. The highest BCUT2D eigenvalue weighted by atomic mass is 32.2. The van der Waals surface area contributed by atoms with Crippen LogP contribution in [-0.4, -0.2) is 31.2 Å². The molecule has 0 saturated carbocycles. The highest BCUT2D eigenvalue weighted by Crippen LogP contribution is 2.26. The summed E-state index contributed by atoms with van der Waals surface area (Å²) in [5.74, 6) is -0.0532. The van der Waals surface area contributed by atoms with E-state index in [0.717, 1.165) is 29.0 Å². The van der Waals surface area contributed by atoms with Gasteiger partial charge in [-0.15, -0.1) is 0 Å². The summed E-state index contributed by atoms with van der Waals surface area (Å²) < 4.78 is 46.0. The Labute approximate surface area is 193 Å². The number of halogens is 1. The van der Waals surface area contributed by atoms with Crippen LogP contribution in [0.15, 0.2) is 83.8 Å². The lowest BCUT2D eigenvalue weighted by atomic mass is 10.1. The van der Waals surface area contributed by atoms with Crippen LogP contribution >= 0.6 is 0 Å². The zero-order valence-electron chi connectivity index (χ0n) is 18.0. The summed E-state index contributed by atoms with van der Waals surface area (Å²) in [6.45, 7) is 0.989. The van der Waals surface area contributed by atoms with Crippen LogP contribution in [0.25, 0.3) is 0 Å². The van der Waals surface area contributed by atoms with Gasteiger partial charge in [0.2, 0.25) is 15.9 Å². The van der Waals surface area contributed by atoms with Crippen molar-refractivity contribution < 1.29 is 22.3 Å². The summed E-state index contributed by atoms with van der Waals surface area (Å²) in [5.41, 5.74) is 1.90. The molecular formula is C25H25FN2O4S. The van der Waals surface area contributed by atoms with Crippen molar-refractivity contribution in [3.05, 3.63) is 95.8 Å². The van der Waals surface area contributed by atoms with Crippen LogP contribution in [-0.2, 0) is 28.0 Å². The Kier molecular flexibility index (Phi) is 7.05. The normalized spacial score (nSPS) is 16.5. The molecule has 1 fully saturated rings. The summed E-state index contributed by atoms with van der Waals surface area (Å²) in [7, 11) is -3.88. The van der Waals surface area contributed by atoms with Gasteiger partial charge in [0, 0.05) is 13.1 Å². The fraction of sp³-hybridized carbons (Fsp3) is 0.240. The van der Waals surface area contributed by atoms with Crippen LogP contribution in [0.3, 0.4) is 0 Å². The van der Waals surface area contributed by atoms with Gasteiger partial charge >= 0.3 is 0 Å². The van der Waals surface area contributed by atoms with Crippen molar-refractivity contribution in [2.75, 3.05) is 6.54 Å².